The van der Waals surface area contributed by atoms with Crippen LogP contribution in [0.15, 0.2) is 18.2 Å². The smallest absolute Gasteiger partial charge is 0.165 e. The lowest BCUT2D eigenvalue weighted by molar-refractivity contribution is 0.292. The zero-order chi connectivity index (χ0) is 11.4. The summed E-state index contributed by atoms with van der Waals surface area (Å²) in [5.74, 6) is 0.0839. The number of rotatable bonds is 5. The Hall–Kier alpha value is -1.09. The van der Waals surface area contributed by atoms with E-state index in [1.807, 2.05) is 0 Å². The first-order valence-corrected chi connectivity index (χ1v) is 5.94. The third-order valence-electron chi connectivity index (χ3n) is 3.30. The van der Waals surface area contributed by atoms with Crippen LogP contribution < -0.4 is 5.32 Å². The zero-order valence-electron chi connectivity index (χ0n) is 9.38. The molecule has 0 atom stereocenters. The molecule has 1 aliphatic carbocycles. The van der Waals surface area contributed by atoms with Crippen LogP contribution in [0.1, 0.15) is 31.2 Å². The number of hydrogen-bond acceptors (Lipinski definition) is 2. The zero-order valence-corrected chi connectivity index (χ0v) is 9.38. The van der Waals surface area contributed by atoms with Crippen molar-refractivity contribution in [3.63, 3.8) is 0 Å². The van der Waals surface area contributed by atoms with Crippen LogP contribution in [0.4, 0.5) is 4.39 Å². The number of halogens is 1. The largest absolute Gasteiger partial charge is 0.505 e. The second kappa shape index (κ2) is 5.30. The molecule has 0 aliphatic heterocycles. The molecular weight excluding hydrogens is 205 g/mol. The Morgan fingerprint density at radius 3 is 2.81 bits per heavy atom. The molecule has 0 heterocycles. The first kappa shape index (κ1) is 11.4. The monoisotopic (exact) mass is 223 g/mol. The summed E-state index contributed by atoms with van der Waals surface area (Å²) in [6.07, 6.45) is 5.35. The molecule has 1 aromatic carbocycles. The average Bonchev–Trinajstić information content (AvgIpc) is 2.20. The number of phenolic OH excluding ortho intramolecular Hbond substituents is 1. The Morgan fingerprint density at radius 1 is 1.38 bits per heavy atom. The lowest BCUT2D eigenvalue weighted by atomic mass is 9.83. The molecule has 0 spiro atoms. The predicted octanol–water partition coefficient (Wildman–Crippen LogP) is 2.81. The molecule has 1 aliphatic rings. The van der Waals surface area contributed by atoms with Crippen molar-refractivity contribution < 1.29 is 9.50 Å². The van der Waals surface area contributed by atoms with Gasteiger partial charge in [-0.25, -0.2) is 4.39 Å². The van der Waals surface area contributed by atoms with E-state index in [4.69, 9.17) is 5.11 Å². The van der Waals surface area contributed by atoms with Crippen molar-refractivity contribution in [2.24, 2.45) is 5.92 Å². The SMILES string of the molecule is Oc1ccc(CNCCC2CCC2)cc1F. The Bertz CT molecular complexity index is 350. The topological polar surface area (TPSA) is 32.3 Å². The van der Waals surface area contributed by atoms with Crippen molar-refractivity contribution >= 4 is 0 Å². The predicted molar refractivity (Wildman–Crippen MR) is 61.7 cm³/mol. The summed E-state index contributed by atoms with van der Waals surface area (Å²) >= 11 is 0. The maximum atomic E-state index is 13.0. The summed E-state index contributed by atoms with van der Waals surface area (Å²) < 4.78 is 13.0. The Labute approximate surface area is 95.5 Å². The van der Waals surface area contributed by atoms with E-state index in [1.165, 1.54) is 37.8 Å². The van der Waals surface area contributed by atoms with Gasteiger partial charge in [-0.05, 0) is 36.6 Å². The molecule has 88 valence electrons. The molecular formula is C13H18FNO. The van der Waals surface area contributed by atoms with Gasteiger partial charge < -0.3 is 10.4 Å². The third kappa shape index (κ3) is 2.95. The van der Waals surface area contributed by atoms with Crippen LogP contribution in [0.2, 0.25) is 0 Å². The van der Waals surface area contributed by atoms with Gasteiger partial charge in [0.1, 0.15) is 0 Å². The summed E-state index contributed by atoms with van der Waals surface area (Å²) in [6.45, 7) is 1.66. The average molecular weight is 223 g/mol. The summed E-state index contributed by atoms with van der Waals surface area (Å²) in [5.41, 5.74) is 0.879. The highest BCUT2D eigenvalue weighted by atomic mass is 19.1. The fraction of sp³-hybridized carbons (Fsp3) is 0.538. The highest BCUT2D eigenvalue weighted by Crippen LogP contribution is 2.28. The lowest BCUT2D eigenvalue weighted by Crippen LogP contribution is -2.21. The molecule has 1 aromatic rings. The quantitative estimate of drug-likeness (QED) is 0.752. The van der Waals surface area contributed by atoms with Crippen molar-refractivity contribution in [3.05, 3.63) is 29.6 Å². The molecule has 2 nitrogen and oxygen atoms in total. The molecule has 0 radical (unpaired) electrons. The maximum Gasteiger partial charge on any atom is 0.165 e. The van der Waals surface area contributed by atoms with Gasteiger partial charge in [0, 0.05) is 6.54 Å². The van der Waals surface area contributed by atoms with E-state index in [0.29, 0.717) is 6.54 Å². The number of nitrogens with one attached hydrogen (secondary N) is 1. The van der Waals surface area contributed by atoms with E-state index < -0.39 is 5.82 Å². The molecule has 3 heteroatoms. The van der Waals surface area contributed by atoms with Gasteiger partial charge in [-0.2, -0.15) is 0 Å². The van der Waals surface area contributed by atoms with E-state index in [-0.39, 0.29) is 5.75 Å². The van der Waals surface area contributed by atoms with Crippen LogP contribution in [-0.2, 0) is 6.54 Å². The molecule has 1 fully saturated rings. The fourth-order valence-corrected chi connectivity index (χ4v) is 1.98. The number of hydrogen-bond donors (Lipinski definition) is 2. The van der Waals surface area contributed by atoms with Crippen molar-refractivity contribution in [1.82, 2.24) is 5.32 Å². The minimum absolute atomic E-state index is 0.279. The van der Waals surface area contributed by atoms with Gasteiger partial charge in [0.25, 0.3) is 0 Å². The van der Waals surface area contributed by atoms with Crippen LogP contribution in [0.3, 0.4) is 0 Å². The summed E-state index contributed by atoms with van der Waals surface area (Å²) in [4.78, 5) is 0. The Kier molecular flexibility index (Phi) is 3.78. The summed E-state index contributed by atoms with van der Waals surface area (Å²) in [6, 6.07) is 4.53. The normalized spacial score (nSPS) is 16.1. The molecule has 2 N–H and O–H groups in total. The van der Waals surface area contributed by atoms with Gasteiger partial charge in [-0.1, -0.05) is 25.3 Å². The molecule has 0 saturated heterocycles. The van der Waals surface area contributed by atoms with Crippen LogP contribution in [-0.4, -0.2) is 11.7 Å². The molecule has 0 amide bonds. The molecule has 0 aromatic heterocycles. The first-order valence-electron chi connectivity index (χ1n) is 5.94. The highest BCUT2D eigenvalue weighted by molar-refractivity contribution is 5.27. The summed E-state index contributed by atoms with van der Waals surface area (Å²) in [7, 11) is 0. The van der Waals surface area contributed by atoms with Crippen molar-refractivity contribution in [2.75, 3.05) is 6.54 Å². The Balaban J connectivity index is 1.69. The van der Waals surface area contributed by atoms with Gasteiger partial charge >= 0.3 is 0 Å². The Morgan fingerprint density at radius 2 is 2.19 bits per heavy atom. The molecule has 16 heavy (non-hydrogen) atoms. The number of aromatic hydroxyl groups is 1. The molecule has 2 rings (SSSR count). The molecule has 0 bridgehead atoms. The fourth-order valence-electron chi connectivity index (χ4n) is 1.98. The standard InChI is InChI=1S/C13H18FNO/c14-12-8-11(4-5-13(12)16)9-15-7-6-10-2-1-3-10/h4-5,8,10,15-16H,1-3,6-7,9H2. The van der Waals surface area contributed by atoms with Gasteiger partial charge in [0.05, 0.1) is 0 Å². The van der Waals surface area contributed by atoms with E-state index in [9.17, 15) is 4.39 Å². The van der Waals surface area contributed by atoms with E-state index in [1.54, 1.807) is 6.07 Å². The van der Waals surface area contributed by atoms with Crippen LogP contribution in [0.25, 0.3) is 0 Å². The van der Waals surface area contributed by atoms with E-state index >= 15 is 0 Å². The van der Waals surface area contributed by atoms with Gasteiger partial charge in [0.2, 0.25) is 0 Å². The van der Waals surface area contributed by atoms with Crippen LogP contribution >= 0.6 is 0 Å². The molecule has 1 saturated carbocycles. The van der Waals surface area contributed by atoms with Crippen molar-refractivity contribution in [3.8, 4) is 5.75 Å². The summed E-state index contributed by atoms with van der Waals surface area (Å²) in [5, 5.41) is 12.3. The second-order valence-electron chi connectivity index (χ2n) is 4.55. The van der Waals surface area contributed by atoms with Crippen LogP contribution in [0.5, 0.6) is 5.75 Å². The number of benzene rings is 1. The van der Waals surface area contributed by atoms with Gasteiger partial charge in [-0.15, -0.1) is 0 Å². The third-order valence-corrected chi connectivity index (χ3v) is 3.30. The van der Waals surface area contributed by atoms with E-state index in [0.717, 1.165) is 18.0 Å². The lowest BCUT2D eigenvalue weighted by Gasteiger charge is -2.25. The van der Waals surface area contributed by atoms with Crippen molar-refractivity contribution in [2.45, 2.75) is 32.2 Å². The van der Waals surface area contributed by atoms with Crippen LogP contribution in [0, 0.1) is 11.7 Å². The minimum Gasteiger partial charge on any atom is -0.505 e. The van der Waals surface area contributed by atoms with E-state index in [2.05, 4.69) is 5.32 Å². The highest BCUT2D eigenvalue weighted by Gasteiger charge is 2.16. The second-order valence-corrected chi connectivity index (χ2v) is 4.55. The first-order chi connectivity index (χ1) is 7.75. The number of phenols is 1. The maximum absolute atomic E-state index is 13.0. The van der Waals surface area contributed by atoms with Gasteiger partial charge in [-0.3, -0.25) is 0 Å². The molecule has 0 unspecified atom stereocenters. The van der Waals surface area contributed by atoms with Crippen molar-refractivity contribution in [1.29, 1.82) is 0 Å². The van der Waals surface area contributed by atoms with Gasteiger partial charge in [0.15, 0.2) is 11.6 Å². The minimum atomic E-state index is -0.543.